The molecule has 0 saturated heterocycles. The number of ether oxygens (including phenoxy) is 3. The highest BCUT2D eigenvalue weighted by molar-refractivity contribution is 6.05. The van der Waals surface area contributed by atoms with Crippen molar-refractivity contribution in [2.45, 2.75) is 45.8 Å². The molecule has 0 bridgehead atoms. The summed E-state index contributed by atoms with van der Waals surface area (Å²) in [5.74, 6) is 1.93. The quantitative estimate of drug-likeness (QED) is 0.254. The van der Waals surface area contributed by atoms with Gasteiger partial charge in [0.15, 0.2) is 0 Å². The number of esters is 1. The van der Waals surface area contributed by atoms with E-state index in [9.17, 15) is 4.79 Å². The van der Waals surface area contributed by atoms with Crippen LogP contribution in [0, 0.1) is 0 Å². The number of fused-ring (bicyclic) bond motifs is 7. The second-order valence-electron chi connectivity index (χ2n) is 10.3. The third kappa shape index (κ3) is 4.13. The first-order valence-electron chi connectivity index (χ1n) is 13.5. The van der Waals surface area contributed by atoms with Crippen molar-refractivity contribution in [1.82, 2.24) is 19.1 Å². The van der Waals surface area contributed by atoms with E-state index in [0.29, 0.717) is 12.1 Å². The summed E-state index contributed by atoms with van der Waals surface area (Å²) in [7, 11) is 4.72. The predicted octanol–water partition coefficient (Wildman–Crippen LogP) is 6.00. The Morgan fingerprint density at radius 1 is 1.05 bits per heavy atom. The third-order valence-corrected chi connectivity index (χ3v) is 7.72. The average Bonchev–Trinajstić information content (AvgIpc) is 3.44. The van der Waals surface area contributed by atoms with E-state index in [1.165, 1.54) is 12.8 Å². The molecule has 0 unspecified atom stereocenters. The molecule has 0 saturated carbocycles. The number of hydrogen-bond donors (Lipinski definition) is 1. The van der Waals surface area contributed by atoms with Crippen molar-refractivity contribution >= 4 is 33.7 Å². The van der Waals surface area contributed by atoms with Crippen LogP contribution in [0.4, 0.5) is 5.82 Å². The fourth-order valence-corrected chi connectivity index (χ4v) is 5.92. The SMILES string of the molecule is COC(=O)c1ccc2cc3n(c2c1)CCCc1c-3c2c(NCc3ccc(OC)cc3OC)ncnc2n1C(C)C. The van der Waals surface area contributed by atoms with Gasteiger partial charge in [-0.3, -0.25) is 0 Å². The van der Waals surface area contributed by atoms with Gasteiger partial charge in [-0.05, 0) is 57.0 Å². The van der Waals surface area contributed by atoms with Gasteiger partial charge in [0.05, 0.1) is 38.0 Å². The van der Waals surface area contributed by atoms with Gasteiger partial charge < -0.3 is 28.7 Å². The van der Waals surface area contributed by atoms with E-state index in [0.717, 1.165) is 75.5 Å². The lowest BCUT2D eigenvalue weighted by Gasteiger charge is -2.14. The first kappa shape index (κ1) is 25.7. The highest BCUT2D eigenvalue weighted by Crippen LogP contribution is 2.43. The fourth-order valence-electron chi connectivity index (χ4n) is 5.92. The van der Waals surface area contributed by atoms with Crippen LogP contribution < -0.4 is 14.8 Å². The van der Waals surface area contributed by atoms with Crippen molar-refractivity contribution in [2.24, 2.45) is 0 Å². The Labute approximate surface area is 232 Å². The van der Waals surface area contributed by atoms with Crippen LogP contribution in [0.2, 0.25) is 0 Å². The maximum atomic E-state index is 12.3. The monoisotopic (exact) mass is 539 g/mol. The van der Waals surface area contributed by atoms with Gasteiger partial charge in [-0.25, -0.2) is 14.8 Å². The molecule has 9 nitrogen and oxygen atoms in total. The molecule has 9 heteroatoms. The molecule has 0 spiro atoms. The molecular weight excluding hydrogens is 506 g/mol. The van der Waals surface area contributed by atoms with Gasteiger partial charge in [0.2, 0.25) is 0 Å². The van der Waals surface area contributed by atoms with Gasteiger partial charge in [0, 0.05) is 52.9 Å². The van der Waals surface area contributed by atoms with Crippen LogP contribution in [-0.4, -0.2) is 46.4 Å². The third-order valence-electron chi connectivity index (χ3n) is 7.72. The molecule has 6 rings (SSSR count). The van der Waals surface area contributed by atoms with Crippen LogP contribution in [0.3, 0.4) is 0 Å². The standard InChI is InChI=1S/C31H33N5O4/c1-18(2)36-23-7-6-12-35-24-14-20(31(37)40-5)9-8-19(24)13-25(35)27(23)28-29(33-17-34-30(28)36)32-16-21-10-11-22(38-3)15-26(21)39-4/h8-11,13-15,17-18H,6-7,12,16H2,1-5H3,(H,32,33,34). The summed E-state index contributed by atoms with van der Waals surface area (Å²) in [5, 5.41) is 5.66. The van der Waals surface area contributed by atoms with E-state index in [1.807, 2.05) is 36.4 Å². The van der Waals surface area contributed by atoms with E-state index in [2.05, 4.69) is 34.4 Å². The summed E-state index contributed by atoms with van der Waals surface area (Å²) in [6.45, 7) is 5.75. The van der Waals surface area contributed by atoms with Crippen molar-refractivity contribution in [1.29, 1.82) is 0 Å². The summed E-state index contributed by atoms with van der Waals surface area (Å²) in [5.41, 5.74) is 6.97. The lowest BCUT2D eigenvalue weighted by Crippen LogP contribution is -2.08. The summed E-state index contributed by atoms with van der Waals surface area (Å²) in [6.07, 6.45) is 3.51. The second-order valence-corrected chi connectivity index (χ2v) is 10.3. The van der Waals surface area contributed by atoms with Crippen LogP contribution in [0.5, 0.6) is 11.5 Å². The molecule has 4 heterocycles. The number of benzene rings is 2. The number of carbonyl (C=O) groups is 1. The topological polar surface area (TPSA) is 92.4 Å². The highest BCUT2D eigenvalue weighted by atomic mass is 16.5. The number of nitrogens with zero attached hydrogens (tertiary/aromatic N) is 4. The molecule has 0 aliphatic carbocycles. The number of rotatable bonds is 7. The Morgan fingerprint density at radius 2 is 1.90 bits per heavy atom. The number of aryl methyl sites for hydroxylation is 1. The Bertz CT molecular complexity index is 1750. The number of methoxy groups -OCH3 is 3. The minimum atomic E-state index is -0.336. The van der Waals surface area contributed by atoms with Gasteiger partial charge in [-0.1, -0.05) is 6.07 Å². The van der Waals surface area contributed by atoms with E-state index in [-0.39, 0.29) is 12.0 Å². The Morgan fingerprint density at radius 3 is 2.65 bits per heavy atom. The molecular formula is C31H33N5O4. The van der Waals surface area contributed by atoms with Crippen molar-refractivity contribution in [3.8, 4) is 22.8 Å². The summed E-state index contributed by atoms with van der Waals surface area (Å²) in [6, 6.07) is 14.0. The van der Waals surface area contributed by atoms with Gasteiger partial charge in [0.1, 0.15) is 29.3 Å². The van der Waals surface area contributed by atoms with Crippen LogP contribution in [0.15, 0.2) is 48.8 Å². The Hall–Kier alpha value is -4.53. The Kier molecular flexibility index (Phi) is 6.57. The van der Waals surface area contributed by atoms with Crippen LogP contribution in [0.25, 0.3) is 33.2 Å². The molecule has 3 aromatic heterocycles. The summed E-state index contributed by atoms with van der Waals surface area (Å²) < 4.78 is 20.6. The second kappa shape index (κ2) is 10.2. The van der Waals surface area contributed by atoms with Gasteiger partial charge in [-0.15, -0.1) is 0 Å². The van der Waals surface area contributed by atoms with E-state index < -0.39 is 0 Å². The van der Waals surface area contributed by atoms with E-state index in [4.69, 9.17) is 24.2 Å². The zero-order valence-corrected chi connectivity index (χ0v) is 23.4. The molecule has 40 heavy (non-hydrogen) atoms. The smallest absolute Gasteiger partial charge is 0.337 e. The molecule has 1 aliphatic rings. The first-order chi connectivity index (χ1) is 19.4. The molecule has 2 aromatic carbocycles. The fraction of sp³-hybridized carbons (Fsp3) is 0.323. The first-order valence-corrected chi connectivity index (χ1v) is 13.5. The number of carbonyl (C=O) groups excluding carboxylic acids is 1. The minimum absolute atomic E-state index is 0.220. The maximum Gasteiger partial charge on any atom is 0.337 e. The predicted molar refractivity (Wildman–Crippen MR) is 155 cm³/mol. The lowest BCUT2D eigenvalue weighted by molar-refractivity contribution is 0.0601. The van der Waals surface area contributed by atoms with Crippen LogP contribution >= 0.6 is 0 Å². The van der Waals surface area contributed by atoms with E-state index >= 15 is 0 Å². The largest absolute Gasteiger partial charge is 0.497 e. The normalized spacial score (nSPS) is 12.8. The molecule has 1 aliphatic heterocycles. The van der Waals surface area contributed by atoms with Crippen molar-refractivity contribution in [2.75, 3.05) is 26.6 Å². The van der Waals surface area contributed by atoms with Crippen LogP contribution in [-0.2, 0) is 24.2 Å². The van der Waals surface area contributed by atoms with Gasteiger partial charge in [-0.2, -0.15) is 0 Å². The summed E-state index contributed by atoms with van der Waals surface area (Å²) in [4.78, 5) is 21.8. The molecule has 1 N–H and O–H groups in total. The van der Waals surface area contributed by atoms with Gasteiger partial charge in [0.25, 0.3) is 0 Å². The Balaban J connectivity index is 1.53. The molecule has 5 aromatic rings. The average molecular weight is 540 g/mol. The van der Waals surface area contributed by atoms with Gasteiger partial charge >= 0.3 is 5.97 Å². The summed E-state index contributed by atoms with van der Waals surface area (Å²) >= 11 is 0. The van der Waals surface area contributed by atoms with Crippen molar-refractivity contribution in [3.63, 3.8) is 0 Å². The molecule has 0 fully saturated rings. The zero-order chi connectivity index (χ0) is 28.0. The number of aromatic nitrogens is 4. The molecule has 0 amide bonds. The zero-order valence-electron chi connectivity index (χ0n) is 23.4. The lowest BCUT2D eigenvalue weighted by atomic mass is 10.1. The molecule has 0 radical (unpaired) electrons. The van der Waals surface area contributed by atoms with Crippen molar-refractivity contribution in [3.05, 3.63) is 65.6 Å². The highest BCUT2D eigenvalue weighted by Gasteiger charge is 2.28. The number of hydrogen-bond acceptors (Lipinski definition) is 7. The van der Waals surface area contributed by atoms with Crippen LogP contribution in [0.1, 0.15) is 47.9 Å². The number of nitrogens with one attached hydrogen (secondary N) is 1. The maximum absolute atomic E-state index is 12.3. The molecule has 206 valence electrons. The van der Waals surface area contributed by atoms with E-state index in [1.54, 1.807) is 20.5 Å². The molecule has 0 atom stereocenters. The van der Waals surface area contributed by atoms with Crippen molar-refractivity contribution < 1.29 is 19.0 Å². The minimum Gasteiger partial charge on any atom is -0.497 e. The number of anilines is 1.